The van der Waals surface area contributed by atoms with E-state index < -0.39 is 5.97 Å². The van der Waals surface area contributed by atoms with Gasteiger partial charge in [0, 0.05) is 23.6 Å². The molecule has 0 bridgehead atoms. The molecule has 18 heavy (non-hydrogen) atoms. The molecule has 0 saturated heterocycles. The number of imidazole rings is 1. The van der Waals surface area contributed by atoms with Crippen molar-refractivity contribution in [3.05, 3.63) is 48.6 Å². The maximum absolute atomic E-state index is 10.9. The number of nitrogen functional groups attached to an aromatic ring is 1. The van der Waals surface area contributed by atoms with Gasteiger partial charge in [-0.1, -0.05) is 0 Å². The van der Waals surface area contributed by atoms with Gasteiger partial charge in [-0.25, -0.2) is 9.78 Å². The Balaban J connectivity index is 2.18. The first-order valence-electron chi connectivity index (χ1n) is 5.35. The third-order valence-electron chi connectivity index (χ3n) is 2.39. The van der Waals surface area contributed by atoms with E-state index in [4.69, 9.17) is 5.73 Å². The molecule has 1 heterocycles. The van der Waals surface area contributed by atoms with Crippen LogP contribution in [0.25, 0.3) is 11.8 Å². The maximum Gasteiger partial charge on any atom is 0.330 e. The van der Waals surface area contributed by atoms with E-state index in [2.05, 4.69) is 9.72 Å². The van der Waals surface area contributed by atoms with Crippen molar-refractivity contribution < 1.29 is 9.53 Å². The Morgan fingerprint density at radius 2 is 2.11 bits per heavy atom. The second-order valence-corrected chi connectivity index (χ2v) is 3.65. The monoisotopic (exact) mass is 243 g/mol. The number of carbonyl (C=O) groups is 1. The van der Waals surface area contributed by atoms with Gasteiger partial charge < -0.3 is 15.0 Å². The summed E-state index contributed by atoms with van der Waals surface area (Å²) in [6, 6.07) is 7.42. The summed E-state index contributed by atoms with van der Waals surface area (Å²) in [4.78, 5) is 15.1. The van der Waals surface area contributed by atoms with E-state index >= 15 is 0 Å². The molecule has 0 aliphatic heterocycles. The maximum atomic E-state index is 10.9. The zero-order chi connectivity index (χ0) is 13.0. The molecule has 0 aliphatic rings. The Morgan fingerprint density at radius 3 is 2.78 bits per heavy atom. The molecular weight excluding hydrogens is 230 g/mol. The Bertz CT molecular complexity index is 570. The van der Waals surface area contributed by atoms with Crippen molar-refractivity contribution in [3.8, 4) is 5.69 Å². The summed E-state index contributed by atoms with van der Waals surface area (Å²) in [5.74, 6) is -0.406. The van der Waals surface area contributed by atoms with Crippen molar-refractivity contribution in [2.75, 3.05) is 12.8 Å². The van der Waals surface area contributed by atoms with E-state index in [1.54, 1.807) is 12.4 Å². The van der Waals surface area contributed by atoms with Crippen LogP contribution in [0.5, 0.6) is 0 Å². The first-order valence-corrected chi connectivity index (χ1v) is 5.35. The number of esters is 1. The van der Waals surface area contributed by atoms with Crippen LogP contribution in [0.2, 0.25) is 0 Å². The lowest BCUT2D eigenvalue weighted by atomic mass is 10.3. The van der Waals surface area contributed by atoms with Gasteiger partial charge in [-0.15, -0.1) is 0 Å². The minimum absolute atomic E-state index is 0.406. The van der Waals surface area contributed by atoms with Gasteiger partial charge in [-0.05, 0) is 30.3 Å². The highest BCUT2D eigenvalue weighted by atomic mass is 16.5. The van der Waals surface area contributed by atoms with Crippen LogP contribution >= 0.6 is 0 Å². The molecular formula is C13H13N3O2. The summed E-state index contributed by atoms with van der Waals surface area (Å²) >= 11 is 0. The number of hydrogen-bond donors (Lipinski definition) is 1. The third-order valence-corrected chi connectivity index (χ3v) is 2.39. The average Bonchev–Trinajstić information content (AvgIpc) is 2.85. The van der Waals surface area contributed by atoms with Crippen LogP contribution < -0.4 is 5.73 Å². The molecule has 0 unspecified atom stereocenters. The Labute approximate surface area is 105 Å². The minimum atomic E-state index is -0.406. The van der Waals surface area contributed by atoms with Gasteiger partial charge in [0.15, 0.2) is 0 Å². The fourth-order valence-electron chi connectivity index (χ4n) is 1.43. The van der Waals surface area contributed by atoms with Crippen molar-refractivity contribution >= 4 is 17.7 Å². The highest BCUT2D eigenvalue weighted by Crippen LogP contribution is 2.11. The number of methoxy groups -OCH3 is 1. The van der Waals surface area contributed by atoms with Crippen LogP contribution in [-0.4, -0.2) is 22.6 Å². The lowest BCUT2D eigenvalue weighted by Gasteiger charge is -2.01. The molecule has 2 N–H and O–H groups in total. The van der Waals surface area contributed by atoms with E-state index in [1.807, 2.05) is 35.0 Å². The van der Waals surface area contributed by atoms with Crippen LogP contribution in [-0.2, 0) is 9.53 Å². The zero-order valence-corrected chi connectivity index (χ0v) is 9.91. The van der Waals surface area contributed by atoms with Gasteiger partial charge in [0.05, 0.1) is 19.1 Å². The summed E-state index contributed by atoms with van der Waals surface area (Å²) in [7, 11) is 1.33. The van der Waals surface area contributed by atoms with E-state index in [0.29, 0.717) is 11.4 Å². The van der Waals surface area contributed by atoms with Gasteiger partial charge >= 0.3 is 5.97 Å². The Morgan fingerprint density at radius 1 is 1.39 bits per heavy atom. The number of hydrogen-bond acceptors (Lipinski definition) is 4. The fourth-order valence-corrected chi connectivity index (χ4v) is 1.43. The average molecular weight is 243 g/mol. The van der Waals surface area contributed by atoms with Crippen LogP contribution in [0.3, 0.4) is 0 Å². The standard InChI is InChI=1S/C13H13N3O2/c1-18-13(17)7-4-11-8-16(9-15-11)12-5-2-10(14)3-6-12/h2-9H,14H2,1H3/b7-4+. The van der Waals surface area contributed by atoms with Crippen molar-refractivity contribution in [1.29, 1.82) is 0 Å². The Kier molecular flexibility index (Phi) is 3.43. The quantitative estimate of drug-likeness (QED) is 0.505. The molecule has 5 heteroatoms. The molecule has 0 radical (unpaired) electrons. The number of benzene rings is 1. The molecule has 1 aromatic carbocycles. The second-order valence-electron chi connectivity index (χ2n) is 3.65. The summed E-state index contributed by atoms with van der Waals surface area (Å²) in [5, 5.41) is 0. The molecule has 0 atom stereocenters. The summed E-state index contributed by atoms with van der Waals surface area (Å²) < 4.78 is 6.35. The van der Waals surface area contributed by atoms with Gasteiger partial charge in [-0.3, -0.25) is 0 Å². The van der Waals surface area contributed by atoms with E-state index in [1.165, 1.54) is 13.2 Å². The molecule has 2 aromatic rings. The van der Waals surface area contributed by atoms with Gasteiger partial charge in [0.2, 0.25) is 0 Å². The number of anilines is 1. The van der Waals surface area contributed by atoms with E-state index in [0.717, 1.165) is 5.69 Å². The highest BCUT2D eigenvalue weighted by molar-refractivity contribution is 5.86. The number of nitrogens with zero attached hydrogens (tertiary/aromatic N) is 2. The number of carbonyl (C=O) groups excluding carboxylic acids is 1. The smallest absolute Gasteiger partial charge is 0.330 e. The first kappa shape index (κ1) is 11.9. The minimum Gasteiger partial charge on any atom is -0.466 e. The number of aromatic nitrogens is 2. The van der Waals surface area contributed by atoms with Crippen molar-refractivity contribution in [3.63, 3.8) is 0 Å². The van der Waals surface area contributed by atoms with Gasteiger partial charge in [-0.2, -0.15) is 0 Å². The van der Waals surface area contributed by atoms with Crippen LogP contribution in [0.4, 0.5) is 5.69 Å². The van der Waals surface area contributed by atoms with Crippen LogP contribution in [0.1, 0.15) is 5.69 Å². The fraction of sp³-hybridized carbons (Fsp3) is 0.0769. The molecule has 92 valence electrons. The number of rotatable bonds is 3. The molecule has 0 amide bonds. The molecule has 0 fully saturated rings. The SMILES string of the molecule is COC(=O)/C=C/c1cn(-c2ccc(N)cc2)cn1. The topological polar surface area (TPSA) is 70.1 Å². The first-order chi connectivity index (χ1) is 8.69. The molecule has 0 aliphatic carbocycles. The normalized spacial score (nSPS) is 10.7. The van der Waals surface area contributed by atoms with Crippen LogP contribution in [0.15, 0.2) is 42.9 Å². The van der Waals surface area contributed by atoms with Gasteiger partial charge in [0.1, 0.15) is 0 Å². The van der Waals surface area contributed by atoms with E-state index in [-0.39, 0.29) is 0 Å². The lowest BCUT2D eigenvalue weighted by molar-refractivity contribution is -0.134. The van der Waals surface area contributed by atoms with Crippen LogP contribution in [0, 0.1) is 0 Å². The molecule has 0 spiro atoms. The number of nitrogens with two attached hydrogens (primary N) is 1. The highest BCUT2D eigenvalue weighted by Gasteiger charge is 1.99. The largest absolute Gasteiger partial charge is 0.466 e. The molecule has 2 rings (SSSR count). The Hall–Kier alpha value is -2.56. The second kappa shape index (κ2) is 5.18. The molecule has 0 saturated carbocycles. The predicted octanol–water partition coefficient (Wildman–Crippen LogP) is 1.64. The van der Waals surface area contributed by atoms with Crippen molar-refractivity contribution in [2.24, 2.45) is 0 Å². The third kappa shape index (κ3) is 2.76. The zero-order valence-electron chi connectivity index (χ0n) is 9.91. The summed E-state index contributed by atoms with van der Waals surface area (Å²) in [6.07, 6.45) is 6.41. The van der Waals surface area contributed by atoms with E-state index in [9.17, 15) is 4.79 Å². The van der Waals surface area contributed by atoms with Crippen molar-refractivity contribution in [1.82, 2.24) is 9.55 Å². The predicted molar refractivity (Wildman–Crippen MR) is 69.0 cm³/mol. The van der Waals surface area contributed by atoms with Gasteiger partial charge in [0.25, 0.3) is 0 Å². The van der Waals surface area contributed by atoms with Crippen molar-refractivity contribution in [2.45, 2.75) is 0 Å². The summed E-state index contributed by atoms with van der Waals surface area (Å²) in [6.45, 7) is 0. The molecule has 1 aromatic heterocycles. The summed E-state index contributed by atoms with van der Waals surface area (Å²) in [5.41, 5.74) is 7.96. The lowest BCUT2D eigenvalue weighted by Crippen LogP contribution is -1.93. The number of ether oxygens (including phenoxy) is 1. The molecule has 5 nitrogen and oxygen atoms in total.